The van der Waals surface area contributed by atoms with Gasteiger partial charge in [-0.25, -0.2) is 9.97 Å². The predicted octanol–water partition coefficient (Wildman–Crippen LogP) is 4.70. The lowest BCUT2D eigenvalue weighted by Gasteiger charge is -2.27. The fraction of sp³-hybridized carbons (Fsp3) is 0.292. The Morgan fingerprint density at radius 3 is 2.57 bits per heavy atom. The Balaban J connectivity index is 1.56. The maximum Gasteiger partial charge on any atom is 0.243 e. The summed E-state index contributed by atoms with van der Waals surface area (Å²) in [4.78, 5) is 24.7. The van der Waals surface area contributed by atoms with Crippen LogP contribution in [0.5, 0.6) is 0 Å². The van der Waals surface area contributed by atoms with E-state index in [0.717, 1.165) is 47.6 Å². The summed E-state index contributed by atoms with van der Waals surface area (Å²) in [6.45, 7) is 5.32. The van der Waals surface area contributed by atoms with Crippen LogP contribution in [0.25, 0.3) is 11.4 Å². The van der Waals surface area contributed by atoms with Gasteiger partial charge < -0.3 is 10.2 Å². The van der Waals surface area contributed by atoms with E-state index < -0.39 is 0 Å². The van der Waals surface area contributed by atoms with Crippen LogP contribution in [0.1, 0.15) is 29.7 Å². The van der Waals surface area contributed by atoms with Crippen LogP contribution in [-0.4, -0.2) is 28.5 Å². The van der Waals surface area contributed by atoms with Crippen LogP contribution in [0, 0.1) is 13.8 Å². The quantitative estimate of drug-likeness (QED) is 0.650. The van der Waals surface area contributed by atoms with Crippen LogP contribution in [-0.2, 0) is 11.3 Å². The van der Waals surface area contributed by atoms with Gasteiger partial charge in [-0.3, -0.25) is 4.79 Å². The SMILES string of the molecule is Cc1nc(-c2ccccc2)nc(N2CCCC2C(=O)NCc2ccc(Cl)cc2)c1C. The van der Waals surface area contributed by atoms with Crippen molar-refractivity contribution in [1.82, 2.24) is 15.3 Å². The number of benzene rings is 2. The summed E-state index contributed by atoms with van der Waals surface area (Å²) in [7, 11) is 0. The molecule has 1 aliphatic heterocycles. The fourth-order valence-electron chi connectivity index (χ4n) is 3.81. The van der Waals surface area contributed by atoms with E-state index in [4.69, 9.17) is 16.6 Å². The molecule has 0 radical (unpaired) electrons. The molecule has 0 aliphatic carbocycles. The third-order valence-corrected chi connectivity index (χ3v) is 5.85. The molecular weight excluding hydrogens is 396 g/mol. The van der Waals surface area contributed by atoms with Crippen molar-refractivity contribution in [3.63, 3.8) is 0 Å². The van der Waals surface area contributed by atoms with E-state index >= 15 is 0 Å². The maximum absolute atomic E-state index is 13.0. The largest absolute Gasteiger partial charge is 0.350 e. The van der Waals surface area contributed by atoms with Crippen molar-refractivity contribution in [3.05, 3.63) is 76.4 Å². The number of hydrogen-bond donors (Lipinski definition) is 1. The van der Waals surface area contributed by atoms with Gasteiger partial charge in [-0.1, -0.05) is 54.1 Å². The topological polar surface area (TPSA) is 58.1 Å². The van der Waals surface area contributed by atoms with E-state index in [-0.39, 0.29) is 11.9 Å². The van der Waals surface area contributed by atoms with Gasteiger partial charge in [0.15, 0.2) is 5.82 Å². The van der Waals surface area contributed by atoms with Gasteiger partial charge in [-0.05, 0) is 44.4 Å². The molecule has 1 amide bonds. The first kappa shape index (κ1) is 20.4. The molecule has 1 unspecified atom stereocenters. The van der Waals surface area contributed by atoms with Crippen molar-refractivity contribution in [2.75, 3.05) is 11.4 Å². The number of carbonyl (C=O) groups is 1. The van der Waals surface area contributed by atoms with E-state index in [9.17, 15) is 4.79 Å². The molecule has 5 nitrogen and oxygen atoms in total. The summed E-state index contributed by atoms with van der Waals surface area (Å²) in [5, 5.41) is 3.76. The van der Waals surface area contributed by atoms with Gasteiger partial charge in [0.2, 0.25) is 5.91 Å². The molecule has 2 aromatic carbocycles. The minimum atomic E-state index is -0.228. The molecule has 154 valence electrons. The second-order valence-electron chi connectivity index (χ2n) is 7.64. The fourth-order valence-corrected chi connectivity index (χ4v) is 3.94. The van der Waals surface area contributed by atoms with Crippen LogP contribution < -0.4 is 10.2 Å². The van der Waals surface area contributed by atoms with Crippen LogP contribution >= 0.6 is 11.6 Å². The molecule has 1 N–H and O–H groups in total. The number of aromatic nitrogens is 2. The van der Waals surface area contributed by atoms with Crippen molar-refractivity contribution in [1.29, 1.82) is 0 Å². The van der Waals surface area contributed by atoms with Crippen molar-refractivity contribution in [2.24, 2.45) is 0 Å². The van der Waals surface area contributed by atoms with Crippen LogP contribution in [0.2, 0.25) is 5.02 Å². The number of carbonyl (C=O) groups excluding carboxylic acids is 1. The predicted molar refractivity (Wildman–Crippen MR) is 121 cm³/mol. The van der Waals surface area contributed by atoms with Gasteiger partial charge in [0.1, 0.15) is 11.9 Å². The van der Waals surface area contributed by atoms with Gasteiger partial charge in [-0.15, -0.1) is 0 Å². The van der Waals surface area contributed by atoms with Crippen molar-refractivity contribution in [2.45, 2.75) is 39.3 Å². The van der Waals surface area contributed by atoms with E-state index in [1.54, 1.807) is 0 Å². The molecule has 0 bridgehead atoms. The highest BCUT2D eigenvalue weighted by molar-refractivity contribution is 6.30. The van der Waals surface area contributed by atoms with Crippen LogP contribution in [0.4, 0.5) is 5.82 Å². The molecule has 1 fully saturated rings. The lowest BCUT2D eigenvalue weighted by molar-refractivity contribution is -0.122. The van der Waals surface area contributed by atoms with Gasteiger partial charge in [0.05, 0.1) is 0 Å². The average Bonchev–Trinajstić information content (AvgIpc) is 3.25. The maximum atomic E-state index is 13.0. The lowest BCUT2D eigenvalue weighted by Crippen LogP contribution is -2.43. The molecule has 6 heteroatoms. The first-order valence-corrected chi connectivity index (χ1v) is 10.6. The van der Waals surface area contributed by atoms with Crippen molar-refractivity contribution in [3.8, 4) is 11.4 Å². The van der Waals surface area contributed by atoms with Gasteiger partial charge >= 0.3 is 0 Å². The monoisotopic (exact) mass is 420 g/mol. The van der Waals surface area contributed by atoms with Crippen molar-refractivity contribution >= 4 is 23.3 Å². The number of nitrogens with zero attached hydrogens (tertiary/aromatic N) is 3. The number of hydrogen-bond acceptors (Lipinski definition) is 4. The number of aryl methyl sites for hydroxylation is 1. The highest BCUT2D eigenvalue weighted by Gasteiger charge is 2.33. The zero-order valence-corrected chi connectivity index (χ0v) is 18.0. The normalized spacial score (nSPS) is 16.0. The van der Waals surface area contributed by atoms with Crippen LogP contribution in [0.3, 0.4) is 0 Å². The third-order valence-electron chi connectivity index (χ3n) is 5.60. The summed E-state index contributed by atoms with van der Waals surface area (Å²) in [6.07, 6.45) is 1.78. The Labute approximate surface area is 182 Å². The van der Waals surface area contributed by atoms with E-state index in [1.807, 2.05) is 68.4 Å². The lowest BCUT2D eigenvalue weighted by atomic mass is 10.1. The molecule has 30 heavy (non-hydrogen) atoms. The molecule has 0 spiro atoms. The van der Waals surface area contributed by atoms with E-state index in [0.29, 0.717) is 17.4 Å². The number of amides is 1. The van der Waals surface area contributed by atoms with Crippen LogP contribution in [0.15, 0.2) is 54.6 Å². The highest BCUT2D eigenvalue weighted by Crippen LogP contribution is 2.30. The van der Waals surface area contributed by atoms with E-state index in [2.05, 4.69) is 15.2 Å². The molecule has 1 aromatic heterocycles. The second kappa shape index (κ2) is 8.84. The van der Waals surface area contributed by atoms with E-state index in [1.165, 1.54) is 0 Å². The second-order valence-corrected chi connectivity index (χ2v) is 8.08. The molecule has 3 aromatic rings. The minimum absolute atomic E-state index is 0.0272. The smallest absolute Gasteiger partial charge is 0.243 e. The summed E-state index contributed by atoms with van der Waals surface area (Å²) in [5.74, 6) is 1.57. The average molecular weight is 421 g/mol. The number of anilines is 1. The first-order chi connectivity index (χ1) is 14.5. The molecule has 1 saturated heterocycles. The molecule has 2 heterocycles. The zero-order chi connectivity index (χ0) is 21.1. The summed E-state index contributed by atoms with van der Waals surface area (Å²) < 4.78 is 0. The number of rotatable bonds is 5. The Kier molecular flexibility index (Phi) is 6.00. The summed E-state index contributed by atoms with van der Waals surface area (Å²) in [5.41, 5.74) is 3.96. The van der Waals surface area contributed by atoms with Gasteiger partial charge in [0.25, 0.3) is 0 Å². The molecule has 4 rings (SSSR count). The van der Waals surface area contributed by atoms with Gasteiger partial charge in [-0.2, -0.15) is 0 Å². The zero-order valence-electron chi connectivity index (χ0n) is 17.2. The van der Waals surface area contributed by atoms with Gasteiger partial charge in [0, 0.05) is 34.9 Å². The Morgan fingerprint density at radius 2 is 1.83 bits per heavy atom. The summed E-state index contributed by atoms with van der Waals surface area (Å²) >= 11 is 5.94. The molecular formula is C24H25ClN4O. The third kappa shape index (κ3) is 4.31. The Bertz CT molecular complexity index is 1040. The number of halogens is 1. The number of nitrogens with one attached hydrogen (secondary N) is 1. The Morgan fingerprint density at radius 1 is 1.10 bits per heavy atom. The van der Waals surface area contributed by atoms with Crippen molar-refractivity contribution < 1.29 is 4.79 Å². The first-order valence-electron chi connectivity index (χ1n) is 10.2. The molecule has 1 aliphatic rings. The highest BCUT2D eigenvalue weighted by atomic mass is 35.5. The minimum Gasteiger partial charge on any atom is -0.350 e. The standard InChI is InChI=1S/C24H25ClN4O/c1-16-17(2)27-22(19-7-4-3-5-8-19)28-23(16)29-14-6-9-21(29)24(30)26-15-18-10-12-20(25)13-11-18/h3-5,7-8,10-13,21H,6,9,14-15H2,1-2H3,(H,26,30). The molecule has 1 atom stereocenters. The Hall–Kier alpha value is -2.92. The molecule has 0 saturated carbocycles. The summed E-state index contributed by atoms with van der Waals surface area (Å²) in [6, 6.07) is 17.3.